The fourth-order valence-electron chi connectivity index (χ4n) is 6.15. The molecule has 0 aliphatic rings. The van der Waals surface area contributed by atoms with Gasteiger partial charge in [-0.1, -0.05) is 169 Å². The molecular weight excluding hydrogens is 532 g/mol. The Morgan fingerprint density at radius 3 is 1.28 bits per heavy atom. The molecule has 0 radical (unpaired) electrons. The molecule has 0 aromatic heterocycles. The van der Waals surface area contributed by atoms with Crippen LogP contribution in [-0.4, -0.2) is 48.6 Å². The van der Waals surface area contributed by atoms with Crippen molar-refractivity contribution in [1.29, 1.82) is 0 Å². The minimum absolute atomic E-state index is 0.00399. The number of nitrogens with zero attached hydrogens (tertiary/aromatic N) is 1. The highest BCUT2D eigenvalue weighted by Crippen LogP contribution is 2.23. The van der Waals surface area contributed by atoms with Gasteiger partial charge in [0.1, 0.15) is 13.2 Å². The van der Waals surface area contributed by atoms with Crippen molar-refractivity contribution < 1.29 is 14.3 Å². The van der Waals surface area contributed by atoms with Gasteiger partial charge in [-0.25, -0.2) is 0 Å². The Morgan fingerprint density at radius 1 is 0.512 bits per heavy atom. The molecule has 0 heterocycles. The maximum atomic E-state index is 13.1. The Kier molecular flexibility index (Phi) is 30.1. The molecule has 0 aromatic rings. The summed E-state index contributed by atoms with van der Waals surface area (Å²) in [4.78, 5) is 27.9. The van der Waals surface area contributed by atoms with Crippen LogP contribution < -0.4 is 5.32 Å². The van der Waals surface area contributed by atoms with Crippen LogP contribution in [0.3, 0.4) is 0 Å². The van der Waals surface area contributed by atoms with Crippen molar-refractivity contribution in [2.45, 2.75) is 207 Å². The third-order valence-corrected chi connectivity index (χ3v) is 9.39. The zero-order valence-corrected chi connectivity index (χ0v) is 29.9. The van der Waals surface area contributed by atoms with Crippen LogP contribution in [0.5, 0.6) is 0 Å². The second kappa shape index (κ2) is 30.9. The number of ether oxygens (including phenoxy) is 1. The molecule has 0 aliphatic carbocycles. The number of carbonyl (C=O) groups is 2. The molecule has 0 rings (SSSR count). The van der Waals surface area contributed by atoms with Crippen molar-refractivity contribution in [1.82, 2.24) is 10.2 Å². The van der Waals surface area contributed by atoms with Gasteiger partial charge in [-0.05, 0) is 32.1 Å². The van der Waals surface area contributed by atoms with E-state index < -0.39 is 0 Å². The fraction of sp³-hybridized carbons (Fsp3) is 0.947. The highest BCUT2D eigenvalue weighted by Gasteiger charge is 2.27. The minimum Gasteiger partial charge on any atom is -0.362 e. The van der Waals surface area contributed by atoms with Crippen LogP contribution in [0.25, 0.3) is 0 Å². The largest absolute Gasteiger partial charge is 0.362 e. The highest BCUT2D eigenvalue weighted by atomic mass is 16.5. The predicted octanol–water partition coefficient (Wildman–Crippen LogP) is 10.9. The summed E-state index contributed by atoms with van der Waals surface area (Å²) in [6.45, 7) is 12.6. The van der Waals surface area contributed by atoms with E-state index in [-0.39, 0.29) is 30.6 Å². The quantitative estimate of drug-likeness (QED) is 0.0754. The zero-order valence-electron chi connectivity index (χ0n) is 29.9. The molecule has 0 saturated heterocycles. The van der Waals surface area contributed by atoms with Crippen LogP contribution in [0, 0.1) is 0 Å². The molecule has 0 saturated carbocycles. The van der Waals surface area contributed by atoms with Gasteiger partial charge in [0.15, 0.2) is 0 Å². The number of rotatable bonds is 33. The van der Waals surface area contributed by atoms with Crippen molar-refractivity contribution in [3.8, 4) is 0 Å². The third-order valence-electron chi connectivity index (χ3n) is 9.39. The van der Waals surface area contributed by atoms with E-state index >= 15 is 0 Å². The summed E-state index contributed by atoms with van der Waals surface area (Å²) in [6.07, 6.45) is 32.3. The second-order valence-electron chi connectivity index (χ2n) is 13.2. The van der Waals surface area contributed by atoms with E-state index in [1.807, 2.05) is 4.90 Å². The third kappa shape index (κ3) is 24.9. The lowest BCUT2D eigenvalue weighted by molar-refractivity contribution is -0.139. The average molecular weight is 609 g/mol. The molecule has 2 amide bonds. The molecule has 0 aliphatic heterocycles. The number of hydrogen-bond donors (Lipinski definition) is 1. The van der Waals surface area contributed by atoms with Gasteiger partial charge in [-0.3, -0.25) is 9.59 Å². The SMILES string of the molecule is CCCCCCCCCCCCN(CCCCCCCCCCCC)C(=O)COCC(=O)NC(CC)(CC)CCCCC. The molecule has 0 aromatic carbocycles. The van der Waals surface area contributed by atoms with E-state index in [4.69, 9.17) is 4.74 Å². The van der Waals surface area contributed by atoms with Crippen molar-refractivity contribution in [3.63, 3.8) is 0 Å². The lowest BCUT2D eigenvalue weighted by Gasteiger charge is -2.33. The van der Waals surface area contributed by atoms with E-state index in [1.165, 1.54) is 128 Å². The van der Waals surface area contributed by atoms with Gasteiger partial charge in [0.25, 0.3) is 0 Å². The van der Waals surface area contributed by atoms with Crippen LogP contribution in [0.4, 0.5) is 0 Å². The first kappa shape index (κ1) is 41.9. The molecule has 256 valence electrons. The maximum absolute atomic E-state index is 13.1. The molecule has 5 heteroatoms. The molecule has 1 N–H and O–H groups in total. The van der Waals surface area contributed by atoms with Crippen LogP contribution in [0.15, 0.2) is 0 Å². The van der Waals surface area contributed by atoms with E-state index in [0.717, 1.165) is 51.6 Å². The maximum Gasteiger partial charge on any atom is 0.248 e. The van der Waals surface area contributed by atoms with Crippen LogP contribution in [-0.2, 0) is 14.3 Å². The topological polar surface area (TPSA) is 58.6 Å². The lowest BCUT2D eigenvalue weighted by atomic mass is 9.86. The van der Waals surface area contributed by atoms with Gasteiger partial charge in [-0.15, -0.1) is 0 Å². The number of hydrogen-bond acceptors (Lipinski definition) is 3. The zero-order chi connectivity index (χ0) is 31.9. The summed E-state index contributed by atoms with van der Waals surface area (Å²) >= 11 is 0. The molecule has 5 nitrogen and oxygen atoms in total. The molecule has 0 fully saturated rings. The second-order valence-corrected chi connectivity index (χ2v) is 13.2. The Labute approximate surface area is 269 Å². The smallest absolute Gasteiger partial charge is 0.248 e. The van der Waals surface area contributed by atoms with E-state index in [2.05, 4.69) is 39.9 Å². The number of unbranched alkanes of at least 4 members (excludes halogenated alkanes) is 20. The van der Waals surface area contributed by atoms with Gasteiger partial charge in [0.2, 0.25) is 11.8 Å². The van der Waals surface area contributed by atoms with Gasteiger partial charge in [0, 0.05) is 18.6 Å². The van der Waals surface area contributed by atoms with Gasteiger partial charge >= 0.3 is 0 Å². The molecule has 0 spiro atoms. The summed E-state index contributed by atoms with van der Waals surface area (Å²) in [5, 5.41) is 3.25. The van der Waals surface area contributed by atoms with Crippen LogP contribution >= 0.6 is 0 Å². The van der Waals surface area contributed by atoms with Crippen molar-refractivity contribution in [2.75, 3.05) is 26.3 Å². The lowest BCUT2D eigenvalue weighted by Crippen LogP contribution is -2.49. The molecule has 0 unspecified atom stereocenters. The summed E-state index contributed by atoms with van der Waals surface area (Å²) in [5.41, 5.74) is -0.156. The van der Waals surface area contributed by atoms with Crippen molar-refractivity contribution >= 4 is 11.8 Å². The molecule has 43 heavy (non-hydrogen) atoms. The van der Waals surface area contributed by atoms with Gasteiger partial charge in [-0.2, -0.15) is 0 Å². The molecular formula is C38H76N2O3. The van der Waals surface area contributed by atoms with Crippen molar-refractivity contribution in [3.05, 3.63) is 0 Å². The average Bonchev–Trinajstić information content (AvgIpc) is 3.01. The highest BCUT2D eigenvalue weighted by molar-refractivity contribution is 5.80. The first-order chi connectivity index (χ1) is 21.0. The Bertz CT molecular complexity index is 596. The fourth-order valence-corrected chi connectivity index (χ4v) is 6.15. The molecule has 0 bridgehead atoms. The molecule has 0 atom stereocenters. The number of nitrogens with one attached hydrogen (secondary N) is 1. The van der Waals surface area contributed by atoms with Gasteiger partial charge < -0.3 is 15.0 Å². The number of amides is 2. The summed E-state index contributed by atoms with van der Waals surface area (Å²) in [5.74, 6) is -0.0521. The summed E-state index contributed by atoms with van der Waals surface area (Å²) in [6, 6.07) is 0. The Balaban J connectivity index is 4.53. The Morgan fingerprint density at radius 2 is 0.884 bits per heavy atom. The summed E-state index contributed by atoms with van der Waals surface area (Å²) < 4.78 is 5.69. The standard InChI is InChI=1S/C38H76N2O3/c1-6-11-14-16-18-20-22-24-26-29-32-40(33-30-27-25-23-21-19-17-15-12-7-2)37(42)35-43-34-36(41)39-38(9-4,10-5)31-28-13-8-3/h6-35H2,1-5H3,(H,39,41). The monoisotopic (exact) mass is 609 g/mol. The van der Waals surface area contributed by atoms with Crippen molar-refractivity contribution in [2.24, 2.45) is 0 Å². The van der Waals surface area contributed by atoms with Gasteiger partial charge in [0.05, 0.1) is 0 Å². The van der Waals surface area contributed by atoms with E-state index in [9.17, 15) is 9.59 Å². The van der Waals surface area contributed by atoms with E-state index in [1.54, 1.807) is 0 Å². The van der Waals surface area contributed by atoms with E-state index in [0.29, 0.717) is 0 Å². The van der Waals surface area contributed by atoms with Crippen LogP contribution in [0.1, 0.15) is 202 Å². The Hall–Kier alpha value is -1.10. The summed E-state index contributed by atoms with van der Waals surface area (Å²) in [7, 11) is 0. The number of carbonyl (C=O) groups excluding carboxylic acids is 2. The first-order valence-electron chi connectivity index (χ1n) is 19.1. The first-order valence-corrected chi connectivity index (χ1v) is 19.1. The normalized spacial score (nSPS) is 11.7. The predicted molar refractivity (Wildman–Crippen MR) is 187 cm³/mol. The van der Waals surface area contributed by atoms with Crippen LogP contribution in [0.2, 0.25) is 0 Å². The minimum atomic E-state index is -0.156.